The van der Waals surface area contributed by atoms with Crippen LogP contribution in [0.15, 0.2) is 54.6 Å². The van der Waals surface area contributed by atoms with E-state index in [0.29, 0.717) is 13.2 Å². The number of hydrogen-bond donors (Lipinski definition) is 1. The molecule has 0 aliphatic carbocycles. The molecule has 1 N–H and O–H groups in total. The average Bonchev–Trinajstić information content (AvgIpc) is 2.50. The average molecular weight is 284 g/mol. The van der Waals surface area contributed by atoms with Gasteiger partial charge in [0, 0.05) is 19.8 Å². The second kappa shape index (κ2) is 7.45. The van der Waals surface area contributed by atoms with Gasteiger partial charge in [0.25, 0.3) is 0 Å². The summed E-state index contributed by atoms with van der Waals surface area (Å²) in [7, 11) is 3.42. The van der Waals surface area contributed by atoms with Crippen molar-refractivity contribution >= 4 is 11.7 Å². The summed E-state index contributed by atoms with van der Waals surface area (Å²) >= 11 is 0. The van der Waals surface area contributed by atoms with Gasteiger partial charge < -0.3 is 15.0 Å². The fourth-order valence-corrected chi connectivity index (χ4v) is 1.78. The van der Waals surface area contributed by atoms with Crippen LogP contribution in [0.3, 0.4) is 0 Å². The second-order valence-corrected chi connectivity index (χ2v) is 5.00. The summed E-state index contributed by atoms with van der Waals surface area (Å²) in [5, 5.41) is 2.80. The number of ether oxygens (including phenoxy) is 1. The Hall–Kier alpha value is -2.33. The Morgan fingerprint density at radius 3 is 2.10 bits per heavy atom. The minimum absolute atomic E-state index is 0.136. The largest absolute Gasteiger partial charge is 0.372 e. The molecule has 0 aliphatic rings. The van der Waals surface area contributed by atoms with Gasteiger partial charge >= 0.3 is 6.03 Å². The molecule has 0 heterocycles. The molecule has 4 nitrogen and oxygen atoms in total. The SMILES string of the molecule is CN(C)C(=O)Nc1ccc(COCc2ccccc2)cc1. The summed E-state index contributed by atoms with van der Waals surface area (Å²) in [5.41, 5.74) is 3.02. The lowest BCUT2D eigenvalue weighted by molar-refractivity contribution is 0.107. The topological polar surface area (TPSA) is 41.6 Å². The highest BCUT2D eigenvalue weighted by Crippen LogP contribution is 2.12. The van der Waals surface area contributed by atoms with Crippen LogP contribution in [0.1, 0.15) is 11.1 Å². The molecule has 2 aromatic carbocycles. The third-order valence-corrected chi connectivity index (χ3v) is 2.99. The van der Waals surface area contributed by atoms with Gasteiger partial charge in [0.1, 0.15) is 0 Å². The van der Waals surface area contributed by atoms with Crippen LogP contribution < -0.4 is 5.32 Å². The van der Waals surface area contributed by atoms with Crippen LogP contribution >= 0.6 is 0 Å². The Morgan fingerprint density at radius 2 is 1.52 bits per heavy atom. The van der Waals surface area contributed by atoms with Crippen molar-refractivity contribution in [1.82, 2.24) is 4.90 Å². The molecule has 2 amide bonds. The lowest BCUT2D eigenvalue weighted by Gasteiger charge is -2.12. The summed E-state index contributed by atoms with van der Waals surface area (Å²) in [6, 6.07) is 17.6. The van der Waals surface area contributed by atoms with Gasteiger partial charge in [0.15, 0.2) is 0 Å². The third-order valence-electron chi connectivity index (χ3n) is 2.99. The Kier molecular flexibility index (Phi) is 5.35. The molecule has 21 heavy (non-hydrogen) atoms. The molecule has 0 bridgehead atoms. The molecule has 0 unspecified atom stereocenters. The minimum Gasteiger partial charge on any atom is -0.372 e. The maximum atomic E-state index is 11.5. The number of nitrogens with zero attached hydrogens (tertiary/aromatic N) is 1. The Bertz CT molecular complexity index is 565. The first-order valence-electron chi connectivity index (χ1n) is 6.84. The van der Waals surface area contributed by atoms with Gasteiger partial charge in [-0.25, -0.2) is 4.79 Å². The van der Waals surface area contributed by atoms with Crippen molar-refractivity contribution in [1.29, 1.82) is 0 Å². The van der Waals surface area contributed by atoms with Crippen LogP contribution in [0.4, 0.5) is 10.5 Å². The highest BCUT2D eigenvalue weighted by Gasteiger charge is 2.03. The molecule has 0 saturated carbocycles. The van der Waals surface area contributed by atoms with Crippen LogP contribution in [0.2, 0.25) is 0 Å². The van der Waals surface area contributed by atoms with E-state index in [2.05, 4.69) is 5.32 Å². The molecule has 2 rings (SSSR count). The van der Waals surface area contributed by atoms with Crippen LogP contribution in [-0.4, -0.2) is 25.0 Å². The van der Waals surface area contributed by atoms with Crippen LogP contribution in [0.25, 0.3) is 0 Å². The van der Waals surface area contributed by atoms with E-state index in [0.717, 1.165) is 16.8 Å². The van der Waals surface area contributed by atoms with Crippen molar-refractivity contribution in [3.63, 3.8) is 0 Å². The van der Waals surface area contributed by atoms with E-state index in [4.69, 9.17) is 4.74 Å². The number of carbonyl (C=O) groups is 1. The molecule has 0 atom stereocenters. The van der Waals surface area contributed by atoms with Gasteiger partial charge in [-0.05, 0) is 23.3 Å². The van der Waals surface area contributed by atoms with Crippen molar-refractivity contribution in [2.45, 2.75) is 13.2 Å². The van der Waals surface area contributed by atoms with Gasteiger partial charge in [-0.1, -0.05) is 42.5 Å². The quantitative estimate of drug-likeness (QED) is 0.913. The summed E-state index contributed by atoms with van der Waals surface area (Å²) in [6.07, 6.45) is 0. The lowest BCUT2D eigenvalue weighted by Crippen LogP contribution is -2.27. The fraction of sp³-hybridized carbons (Fsp3) is 0.235. The number of anilines is 1. The first-order valence-corrected chi connectivity index (χ1v) is 6.84. The summed E-state index contributed by atoms with van der Waals surface area (Å²) in [6.45, 7) is 1.15. The van der Waals surface area contributed by atoms with Crippen LogP contribution in [-0.2, 0) is 18.0 Å². The normalized spacial score (nSPS) is 10.2. The zero-order valence-corrected chi connectivity index (χ0v) is 12.4. The first-order chi connectivity index (χ1) is 10.1. The molecular weight excluding hydrogens is 264 g/mol. The molecular formula is C17H20N2O2. The van der Waals surface area contributed by atoms with E-state index in [9.17, 15) is 4.79 Å². The van der Waals surface area contributed by atoms with Gasteiger partial charge in [-0.15, -0.1) is 0 Å². The number of benzene rings is 2. The molecule has 4 heteroatoms. The molecule has 2 aromatic rings. The van der Waals surface area contributed by atoms with E-state index in [1.165, 1.54) is 4.90 Å². The highest BCUT2D eigenvalue weighted by atomic mass is 16.5. The summed E-state index contributed by atoms with van der Waals surface area (Å²) in [5.74, 6) is 0. The van der Waals surface area contributed by atoms with Gasteiger partial charge in [-0.2, -0.15) is 0 Å². The number of hydrogen-bond acceptors (Lipinski definition) is 2. The van der Waals surface area contributed by atoms with Gasteiger partial charge in [-0.3, -0.25) is 0 Å². The second-order valence-electron chi connectivity index (χ2n) is 5.00. The minimum atomic E-state index is -0.136. The first kappa shape index (κ1) is 15.1. The molecule has 0 saturated heterocycles. The zero-order chi connectivity index (χ0) is 15.1. The van der Waals surface area contributed by atoms with E-state index in [1.807, 2.05) is 54.6 Å². The lowest BCUT2D eigenvalue weighted by atomic mass is 10.2. The Morgan fingerprint density at radius 1 is 0.952 bits per heavy atom. The van der Waals surface area contributed by atoms with Crippen molar-refractivity contribution in [3.8, 4) is 0 Å². The van der Waals surface area contributed by atoms with Gasteiger partial charge in [0.05, 0.1) is 13.2 Å². The maximum Gasteiger partial charge on any atom is 0.321 e. The van der Waals surface area contributed by atoms with Gasteiger partial charge in [0.2, 0.25) is 0 Å². The van der Waals surface area contributed by atoms with E-state index in [1.54, 1.807) is 14.1 Å². The number of rotatable bonds is 5. The summed E-state index contributed by atoms with van der Waals surface area (Å²) < 4.78 is 5.67. The highest BCUT2D eigenvalue weighted by molar-refractivity contribution is 5.88. The van der Waals surface area contributed by atoms with Crippen molar-refractivity contribution < 1.29 is 9.53 Å². The van der Waals surface area contributed by atoms with E-state index < -0.39 is 0 Å². The number of urea groups is 1. The summed E-state index contributed by atoms with van der Waals surface area (Å²) in [4.78, 5) is 13.0. The number of carbonyl (C=O) groups excluding carboxylic acids is 1. The zero-order valence-electron chi connectivity index (χ0n) is 12.4. The predicted molar refractivity (Wildman–Crippen MR) is 84.1 cm³/mol. The maximum absolute atomic E-state index is 11.5. The standard InChI is InChI=1S/C17H20N2O2/c1-19(2)17(20)18-16-10-8-15(9-11-16)13-21-12-14-6-4-3-5-7-14/h3-11H,12-13H2,1-2H3,(H,18,20). The third kappa shape index (κ3) is 4.93. The van der Waals surface area contributed by atoms with Crippen molar-refractivity contribution in [3.05, 3.63) is 65.7 Å². The van der Waals surface area contributed by atoms with E-state index >= 15 is 0 Å². The molecule has 0 spiro atoms. The number of amides is 2. The number of nitrogens with one attached hydrogen (secondary N) is 1. The Balaban J connectivity index is 1.81. The monoisotopic (exact) mass is 284 g/mol. The molecule has 0 radical (unpaired) electrons. The smallest absolute Gasteiger partial charge is 0.321 e. The fourth-order valence-electron chi connectivity index (χ4n) is 1.78. The van der Waals surface area contributed by atoms with Crippen molar-refractivity contribution in [2.24, 2.45) is 0 Å². The predicted octanol–water partition coefficient (Wildman–Crippen LogP) is 3.50. The van der Waals surface area contributed by atoms with Crippen molar-refractivity contribution in [2.75, 3.05) is 19.4 Å². The van der Waals surface area contributed by atoms with Crippen LogP contribution in [0, 0.1) is 0 Å². The van der Waals surface area contributed by atoms with Crippen LogP contribution in [0.5, 0.6) is 0 Å². The molecule has 110 valence electrons. The van der Waals surface area contributed by atoms with E-state index in [-0.39, 0.29) is 6.03 Å². The molecule has 0 aliphatic heterocycles. The molecule has 0 fully saturated rings. The Labute approximate surface area is 125 Å². The molecule has 0 aromatic heterocycles.